The number of amides is 1. The molecule has 0 bridgehead atoms. The van der Waals surface area contributed by atoms with Gasteiger partial charge in [0.15, 0.2) is 0 Å². The van der Waals surface area contributed by atoms with Crippen LogP contribution in [0.1, 0.15) is 43.5 Å². The van der Waals surface area contributed by atoms with Gasteiger partial charge in [0.05, 0.1) is 16.2 Å². The number of benzene rings is 1. The van der Waals surface area contributed by atoms with Gasteiger partial charge in [-0.05, 0) is 37.2 Å². The second-order valence-corrected chi connectivity index (χ2v) is 7.31. The van der Waals surface area contributed by atoms with E-state index >= 15 is 0 Å². The van der Waals surface area contributed by atoms with E-state index in [0.717, 1.165) is 51.1 Å². The molecule has 6 nitrogen and oxygen atoms in total. The van der Waals surface area contributed by atoms with Gasteiger partial charge in [-0.15, -0.1) is 0 Å². The fourth-order valence-electron chi connectivity index (χ4n) is 4.04. The molecular formula is C18H25N3O3. The van der Waals surface area contributed by atoms with Gasteiger partial charge < -0.3 is 9.80 Å². The molecule has 2 aliphatic rings. The van der Waals surface area contributed by atoms with Gasteiger partial charge in [-0.2, -0.15) is 0 Å². The van der Waals surface area contributed by atoms with Crippen LogP contribution in [0.2, 0.25) is 0 Å². The molecule has 0 aromatic heterocycles. The van der Waals surface area contributed by atoms with E-state index in [9.17, 15) is 14.9 Å². The van der Waals surface area contributed by atoms with Crippen LogP contribution in [0, 0.1) is 22.0 Å². The van der Waals surface area contributed by atoms with Crippen LogP contribution in [0.5, 0.6) is 0 Å². The first-order chi connectivity index (χ1) is 11.5. The summed E-state index contributed by atoms with van der Waals surface area (Å²) in [6.07, 6.45) is 3.32. The SMILES string of the molecule is CC1CC(C)CN(C(=O)c2cc([N+](=O)[O-])ccc2N2CCCC2)C1. The molecule has 24 heavy (non-hydrogen) atoms. The van der Waals surface area contributed by atoms with Crippen LogP contribution in [0.15, 0.2) is 18.2 Å². The number of piperidine rings is 1. The molecule has 2 saturated heterocycles. The van der Waals surface area contributed by atoms with Crippen molar-refractivity contribution in [3.8, 4) is 0 Å². The molecule has 1 aromatic rings. The molecule has 2 unspecified atom stereocenters. The Balaban J connectivity index is 1.95. The lowest BCUT2D eigenvalue weighted by Crippen LogP contribution is -2.43. The predicted octanol–water partition coefficient (Wildman–Crippen LogP) is 3.31. The highest BCUT2D eigenvalue weighted by molar-refractivity contribution is 6.00. The van der Waals surface area contributed by atoms with E-state index < -0.39 is 4.92 Å². The van der Waals surface area contributed by atoms with E-state index in [1.807, 2.05) is 4.90 Å². The molecule has 2 atom stereocenters. The van der Waals surface area contributed by atoms with Gasteiger partial charge in [0, 0.05) is 38.3 Å². The Labute approximate surface area is 142 Å². The van der Waals surface area contributed by atoms with E-state index in [0.29, 0.717) is 17.4 Å². The Kier molecular flexibility index (Phi) is 4.73. The maximum absolute atomic E-state index is 13.1. The number of rotatable bonds is 3. The van der Waals surface area contributed by atoms with Crippen LogP contribution >= 0.6 is 0 Å². The Morgan fingerprint density at radius 2 is 1.79 bits per heavy atom. The van der Waals surface area contributed by atoms with Gasteiger partial charge in [-0.25, -0.2) is 0 Å². The quantitative estimate of drug-likeness (QED) is 0.629. The van der Waals surface area contributed by atoms with Crippen LogP contribution in [0.3, 0.4) is 0 Å². The normalized spacial score (nSPS) is 24.2. The summed E-state index contributed by atoms with van der Waals surface area (Å²) >= 11 is 0. The molecule has 1 aromatic carbocycles. The maximum Gasteiger partial charge on any atom is 0.270 e. The van der Waals surface area contributed by atoms with E-state index in [1.54, 1.807) is 6.07 Å². The van der Waals surface area contributed by atoms with Gasteiger partial charge in [0.2, 0.25) is 0 Å². The number of non-ortho nitro benzene ring substituents is 1. The highest BCUT2D eigenvalue weighted by atomic mass is 16.6. The highest BCUT2D eigenvalue weighted by Gasteiger charge is 2.30. The Hall–Kier alpha value is -2.11. The van der Waals surface area contributed by atoms with Crippen LogP contribution in [0.4, 0.5) is 11.4 Å². The van der Waals surface area contributed by atoms with Crippen LogP contribution in [-0.2, 0) is 0 Å². The molecule has 0 radical (unpaired) electrons. The maximum atomic E-state index is 13.1. The number of carbonyl (C=O) groups excluding carboxylic acids is 1. The minimum Gasteiger partial charge on any atom is -0.371 e. The minimum absolute atomic E-state index is 0.0144. The topological polar surface area (TPSA) is 66.7 Å². The van der Waals surface area contributed by atoms with Gasteiger partial charge >= 0.3 is 0 Å². The summed E-state index contributed by atoms with van der Waals surface area (Å²) in [4.78, 5) is 27.9. The zero-order valence-corrected chi connectivity index (χ0v) is 14.4. The number of carbonyl (C=O) groups is 1. The average Bonchev–Trinajstić information content (AvgIpc) is 3.06. The van der Waals surface area contributed by atoms with Crippen LogP contribution < -0.4 is 4.90 Å². The minimum atomic E-state index is -0.425. The van der Waals surface area contributed by atoms with Gasteiger partial charge in [0.25, 0.3) is 11.6 Å². The zero-order chi connectivity index (χ0) is 17.3. The lowest BCUT2D eigenvalue weighted by atomic mass is 9.91. The summed E-state index contributed by atoms with van der Waals surface area (Å²) in [6.45, 7) is 7.59. The Bertz CT molecular complexity index is 630. The molecular weight excluding hydrogens is 306 g/mol. The lowest BCUT2D eigenvalue weighted by Gasteiger charge is -2.35. The number of hydrogen-bond acceptors (Lipinski definition) is 4. The molecule has 130 valence electrons. The van der Waals surface area contributed by atoms with Crippen molar-refractivity contribution in [3.05, 3.63) is 33.9 Å². The molecule has 0 saturated carbocycles. The van der Waals surface area contributed by atoms with Crippen molar-refractivity contribution in [2.75, 3.05) is 31.1 Å². The van der Waals surface area contributed by atoms with E-state index in [1.165, 1.54) is 12.1 Å². The van der Waals surface area contributed by atoms with E-state index in [2.05, 4.69) is 18.7 Å². The predicted molar refractivity (Wildman–Crippen MR) is 93.4 cm³/mol. The molecule has 0 spiro atoms. The van der Waals surface area contributed by atoms with Crippen molar-refractivity contribution in [3.63, 3.8) is 0 Å². The van der Waals surface area contributed by atoms with E-state index in [-0.39, 0.29) is 11.6 Å². The second-order valence-electron chi connectivity index (χ2n) is 7.31. The van der Waals surface area contributed by atoms with Crippen molar-refractivity contribution in [2.24, 2.45) is 11.8 Å². The average molecular weight is 331 g/mol. The van der Waals surface area contributed by atoms with Crippen molar-refractivity contribution < 1.29 is 9.72 Å². The number of nitro benzene ring substituents is 1. The van der Waals surface area contributed by atoms with Gasteiger partial charge in [-0.3, -0.25) is 14.9 Å². The number of nitrogens with zero attached hydrogens (tertiary/aromatic N) is 3. The van der Waals surface area contributed by atoms with Crippen molar-refractivity contribution in [1.82, 2.24) is 4.90 Å². The third-order valence-corrected chi connectivity index (χ3v) is 5.02. The Morgan fingerprint density at radius 3 is 2.38 bits per heavy atom. The second kappa shape index (κ2) is 6.79. The zero-order valence-electron chi connectivity index (χ0n) is 14.4. The molecule has 3 rings (SSSR count). The highest BCUT2D eigenvalue weighted by Crippen LogP contribution is 2.31. The molecule has 2 aliphatic heterocycles. The lowest BCUT2D eigenvalue weighted by molar-refractivity contribution is -0.384. The summed E-state index contributed by atoms with van der Waals surface area (Å²) in [5.74, 6) is 0.859. The number of likely N-dealkylation sites (tertiary alicyclic amines) is 1. The van der Waals surface area contributed by atoms with Gasteiger partial charge in [-0.1, -0.05) is 13.8 Å². The first-order valence-corrected chi connectivity index (χ1v) is 8.78. The van der Waals surface area contributed by atoms with Crippen molar-refractivity contribution in [1.29, 1.82) is 0 Å². The summed E-state index contributed by atoms with van der Waals surface area (Å²) in [5, 5.41) is 11.2. The van der Waals surface area contributed by atoms with Crippen molar-refractivity contribution in [2.45, 2.75) is 33.1 Å². The fraction of sp³-hybridized carbons (Fsp3) is 0.611. The number of anilines is 1. The third-order valence-electron chi connectivity index (χ3n) is 5.02. The summed E-state index contributed by atoms with van der Waals surface area (Å²) in [7, 11) is 0. The van der Waals surface area contributed by atoms with Crippen molar-refractivity contribution >= 4 is 17.3 Å². The number of hydrogen-bond donors (Lipinski definition) is 0. The first-order valence-electron chi connectivity index (χ1n) is 8.78. The largest absolute Gasteiger partial charge is 0.371 e. The molecule has 1 amide bonds. The smallest absolute Gasteiger partial charge is 0.270 e. The third kappa shape index (κ3) is 3.37. The standard InChI is InChI=1S/C18H25N3O3/c1-13-9-14(2)12-20(11-13)18(22)16-10-15(21(23)24)5-6-17(16)19-7-3-4-8-19/h5-6,10,13-14H,3-4,7-9,11-12H2,1-2H3. The summed E-state index contributed by atoms with van der Waals surface area (Å²) in [6, 6.07) is 4.71. The monoisotopic (exact) mass is 331 g/mol. The summed E-state index contributed by atoms with van der Waals surface area (Å²) < 4.78 is 0. The number of nitro groups is 1. The van der Waals surface area contributed by atoms with Gasteiger partial charge in [0.1, 0.15) is 0 Å². The summed E-state index contributed by atoms with van der Waals surface area (Å²) in [5.41, 5.74) is 1.31. The molecule has 0 N–H and O–H groups in total. The first kappa shape index (κ1) is 16.7. The Morgan fingerprint density at radius 1 is 1.17 bits per heavy atom. The molecule has 6 heteroatoms. The molecule has 2 heterocycles. The van der Waals surface area contributed by atoms with E-state index in [4.69, 9.17) is 0 Å². The van der Waals surface area contributed by atoms with Crippen LogP contribution in [0.25, 0.3) is 0 Å². The fourth-order valence-corrected chi connectivity index (χ4v) is 4.04. The molecule has 2 fully saturated rings. The molecule has 0 aliphatic carbocycles. The van der Waals surface area contributed by atoms with Crippen LogP contribution in [-0.4, -0.2) is 41.9 Å².